The van der Waals surface area contributed by atoms with Crippen LogP contribution in [0.1, 0.15) is 11.4 Å². The zero-order valence-electron chi connectivity index (χ0n) is 8.94. The Morgan fingerprint density at radius 2 is 2.06 bits per heavy atom. The van der Waals surface area contributed by atoms with Gasteiger partial charge >= 0.3 is 0 Å². The predicted molar refractivity (Wildman–Crippen MR) is 60.1 cm³/mol. The zero-order chi connectivity index (χ0) is 11.5. The summed E-state index contributed by atoms with van der Waals surface area (Å²) in [4.78, 5) is 7.96. The van der Waals surface area contributed by atoms with Crippen LogP contribution in [0.15, 0.2) is 30.5 Å². The van der Waals surface area contributed by atoms with Gasteiger partial charge in [0, 0.05) is 29.6 Å². The highest BCUT2D eigenvalue weighted by Crippen LogP contribution is 2.21. The summed E-state index contributed by atoms with van der Waals surface area (Å²) >= 11 is 0. The average molecular weight is 217 g/mol. The molecule has 0 saturated carbocycles. The SMILES string of the molecule is Cc1ccc(-c2ccc(F)nc2)c(CN)n1. The van der Waals surface area contributed by atoms with Crippen molar-refractivity contribution in [2.24, 2.45) is 5.73 Å². The van der Waals surface area contributed by atoms with Crippen LogP contribution in [0.3, 0.4) is 0 Å². The van der Waals surface area contributed by atoms with Gasteiger partial charge in [-0.2, -0.15) is 4.39 Å². The van der Waals surface area contributed by atoms with Gasteiger partial charge in [-0.15, -0.1) is 0 Å². The van der Waals surface area contributed by atoms with E-state index in [9.17, 15) is 4.39 Å². The molecule has 0 amide bonds. The molecule has 0 aromatic carbocycles. The molecule has 0 aliphatic carbocycles. The number of nitrogens with two attached hydrogens (primary N) is 1. The van der Waals surface area contributed by atoms with Crippen LogP contribution in [-0.4, -0.2) is 9.97 Å². The second-order valence-corrected chi connectivity index (χ2v) is 3.52. The Kier molecular flexibility index (Phi) is 2.92. The van der Waals surface area contributed by atoms with E-state index in [0.29, 0.717) is 6.54 Å². The first kappa shape index (κ1) is 10.7. The fraction of sp³-hybridized carbons (Fsp3) is 0.167. The molecule has 16 heavy (non-hydrogen) atoms. The predicted octanol–water partition coefficient (Wildman–Crippen LogP) is 2.05. The standard InChI is InChI=1S/C12H12FN3/c1-8-2-4-10(11(6-14)16-8)9-3-5-12(13)15-7-9/h2-5,7H,6,14H2,1H3. The topological polar surface area (TPSA) is 51.8 Å². The van der Waals surface area contributed by atoms with E-state index in [1.165, 1.54) is 12.3 Å². The summed E-state index contributed by atoms with van der Waals surface area (Å²) in [7, 11) is 0. The molecule has 0 spiro atoms. The van der Waals surface area contributed by atoms with Gasteiger partial charge in [-0.3, -0.25) is 4.98 Å². The third-order valence-corrected chi connectivity index (χ3v) is 2.35. The molecule has 2 aromatic rings. The molecule has 0 bridgehead atoms. The summed E-state index contributed by atoms with van der Waals surface area (Å²) in [6, 6.07) is 6.83. The summed E-state index contributed by atoms with van der Waals surface area (Å²) < 4.78 is 12.7. The summed E-state index contributed by atoms with van der Waals surface area (Å²) in [5.74, 6) is -0.488. The van der Waals surface area contributed by atoms with Crippen LogP contribution in [-0.2, 0) is 6.54 Å². The molecule has 82 valence electrons. The van der Waals surface area contributed by atoms with E-state index in [2.05, 4.69) is 9.97 Å². The van der Waals surface area contributed by atoms with Crippen molar-refractivity contribution in [3.63, 3.8) is 0 Å². The molecule has 0 fully saturated rings. The van der Waals surface area contributed by atoms with Crippen molar-refractivity contribution < 1.29 is 4.39 Å². The first-order valence-corrected chi connectivity index (χ1v) is 4.99. The Labute approximate surface area is 93.2 Å². The Hall–Kier alpha value is -1.81. The highest BCUT2D eigenvalue weighted by Gasteiger charge is 2.06. The van der Waals surface area contributed by atoms with Gasteiger partial charge in [-0.25, -0.2) is 4.98 Å². The minimum Gasteiger partial charge on any atom is -0.325 e. The van der Waals surface area contributed by atoms with Gasteiger partial charge in [-0.1, -0.05) is 6.07 Å². The molecule has 2 N–H and O–H groups in total. The monoisotopic (exact) mass is 217 g/mol. The maximum atomic E-state index is 12.7. The summed E-state index contributed by atoms with van der Waals surface area (Å²) in [5, 5.41) is 0. The lowest BCUT2D eigenvalue weighted by Gasteiger charge is -2.07. The maximum absolute atomic E-state index is 12.7. The van der Waals surface area contributed by atoms with E-state index < -0.39 is 5.95 Å². The molecule has 0 unspecified atom stereocenters. The van der Waals surface area contributed by atoms with Crippen molar-refractivity contribution in [3.8, 4) is 11.1 Å². The smallest absolute Gasteiger partial charge is 0.212 e. The van der Waals surface area contributed by atoms with Crippen molar-refractivity contribution in [3.05, 3.63) is 47.8 Å². The molecule has 2 aromatic heterocycles. The Morgan fingerprint density at radius 1 is 1.25 bits per heavy atom. The number of pyridine rings is 2. The fourth-order valence-electron chi connectivity index (χ4n) is 1.56. The van der Waals surface area contributed by atoms with Gasteiger partial charge in [0.25, 0.3) is 0 Å². The minimum atomic E-state index is -0.488. The third kappa shape index (κ3) is 2.06. The van der Waals surface area contributed by atoms with Crippen LogP contribution in [0.25, 0.3) is 11.1 Å². The van der Waals surface area contributed by atoms with Crippen LogP contribution in [0.2, 0.25) is 0 Å². The van der Waals surface area contributed by atoms with E-state index in [1.807, 2.05) is 19.1 Å². The van der Waals surface area contributed by atoms with Crippen LogP contribution >= 0.6 is 0 Å². The van der Waals surface area contributed by atoms with E-state index in [-0.39, 0.29) is 0 Å². The molecule has 2 rings (SSSR count). The minimum absolute atomic E-state index is 0.356. The van der Waals surface area contributed by atoms with E-state index in [4.69, 9.17) is 5.73 Å². The number of hydrogen-bond acceptors (Lipinski definition) is 3. The van der Waals surface area contributed by atoms with Crippen molar-refractivity contribution in [2.75, 3.05) is 0 Å². The zero-order valence-corrected chi connectivity index (χ0v) is 8.94. The van der Waals surface area contributed by atoms with Gasteiger partial charge in [0.15, 0.2) is 0 Å². The lowest BCUT2D eigenvalue weighted by molar-refractivity contribution is 0.584. The second-order valence-electron chi connectivity index (χ2n) is 3.52. The lowest BCUT2D eigenvalue weighted by Crippen LogP contribution is -2.03. The quantitative estimate of drug-likeness (QED) is 0.783. The molecular formula is C12H12FN3. The van der Waals surface area contributed by atoms with Crippen molar-refractivity contribution in [1.82, 2.24) is 9.97 Å². The number of rotatable bonds is 2. The van der Waals surface area contributed by atoms with Crippen molar-refractivity contribution in [2.45, 2.75) is 13.5 Å². The second kappa shape index (κ2) is 4.37. The summed E-state index contributed by atoms with van der Waals surface area (Å²) in [6.45, 7) is 2.26. The number of halogens is 1. The Bertz CT molecular complexity index is 494. The maximum Gasteiger partial charge on any atom is 0.212 e. The highest BCUT2D eigenvalue weighted by molar-refractivity contribution is 5.64. The van der Waals surface area contributed by atoms with Gasteiger partial charge in [-0.05, 0) is 25.1 Å². The first-order valence-electron chi connectivity index (χ1n) is 4.99. The normalized spacial score (nSPS) is 10.4. The molecule has 2 heterocycles. The molecule has 0 atom stereocenters. The van der Waals surface area contributed by atoms with Crippen molar-refractivity contribution >= 4 is 0 Å². The lowest BCUT2D eigenvalue weighted by atomic mass is 10.1. The van der Waals surface area contributed by atoms with Crippen LogP contribution < -0.4 is 5.73 Å². The summed E-state index contributed by atoms with van der Waals surface area (Å²) in [5.41, 5.74) is 9.08. The molecule has 0 aliphatic rings. The van der Waals surface area contributed by atoms with Crippen LogP contribution in [0.4, 0.5) is 4.39 Å². The van der Waals surface area contributed by atoms with Crippen LogP contribution in [0, 0.1) is 12.9 Å². The third-order valence-electron chi connectivity index (χ3n) is 2.35. The van der Waals surface area contributed by atoms with E-state index in [0.717, 1.165) is 22.5 Å². The molecule has 0 saturated heterocycles. The van der Waals surface area contributed by atoms with Gasteiger partial charge in [0.1, 0.15) is 0 Å². The highest BCUT2D eigenvalue weighted by atomic mass is 19.1. The van der Waals surface area contributed by atoms with Gasteiger partial charge in [0.2, 0.25) is 5.95 Å². The number of hydrogen-bond donors (Lipinski definition) is 1. The van der Waals surface area contributed by atoms with E-state index >= 15 is 0 Å². The summed E-state index contributed by atoms with van der Waals surface area (Å²) in [6.07, 6.45) is 1.49. The average Bonchev–Trinajstić information content (AvgIpc) is 2.30. The largest absolute Gasteiger partial charge is 0.325 e. The molecule has 3 nitrogen and oxygen atoms in total. The Morgan fingerprint density at radius 3 is 2.69 bits per heavy atom. The molecule has 4 heteroatoms. The van der Waals surface area contributed by atoms with Crippen molar-refractivity contribution in [1.29, 1.82) is 0 Å². The number of nitrogens with zero attached hydrogens (tertiary/aromatic N) is 2. The fourth-order valence-corrected chi connectivity index (χ4v) is 1.56. The number of aromatic nitrogens is 2. The van der Waals surface area contributed by atoms with E-state index in [1.54, 1.807) is 6.07 Å². The Balaban J connectivity index is 2.51. The van der Waals surface area contributed by atoms with Gasteiger partial charge < -0.3 is 5.73 Å². The van der Waals surface area contributed by atoms with Gasteiger partial charge in [0.05, 0.1) is 5.69 Å². The molecule has 0 aliphatic heterocycles. The first-order chi connectivity index (χ1) is 7.70. The number of aryl methyl sites for hydroxylation is 1. The molecular weight excluding hydrogens is 205 g/mol. The van der Waals surface area contributed by atoms with Crippen LogP contribution in [0.5, 0.6) is 0 Å². The molecule has 0 radical (unpaired) electrons.